The third-order valence-electron chi connectivity index (χ3n) is 3.29. The molecule has 0 atom stereocenters. The second-order valence-corrected chi connectivity index (χ2v) is 5.10. The molecule has 1 saturated carbocycles. The Balaban J connectivity index is 2.03. The molecule has 1 fully saturated rings. The third kappa shape index (κ3) is 2.74. The van der Waals surface area contributed by atoms with Crippen LogP contribution in [0.15, 0.2) is 18.2 Å². The first kappa shape index (κ1) is 11.9. The monoisotopic (exact) mass is 241 g/mol. The number of nitrogens with one attached hydrogen (secondary N) is 1. The molecule has 1 N–H and O–H groups in total. The molecule has 0 unspecified atom stereocenters. The molecule has 0 amide bonds. The highest BCUT2D eigenvalue weighted by Crippen LogP contribution is 2.48. The van der Waals surface area contributed by atoms with Gasteiger partial charge in [0.15, 0.2) is 0 Å². The minimum atomic E-state index is -0.259. The fourth-order valence-corrected chi connectivity index (χ4v) is 2.29. The molecule has 0 radical (unpaired) electrons. The maximum Gasteiger partial charge on any atom is 0.124 e. The zero-order valence-electron chi connectivity index (χ0n) is 9.52. The third-order valence-corrected chi connectivity index (χ3v) is 3.64. The van der Waals surface area contributed by atoms with E-state index in [-0.39, 0.29) is 5.82 Å². The van der Waals surface area contributed by atoms with Crippen LogP contribution in [0.3, 0.4) is 0 Å². The Labute approximate surface area is 101 Å². The van der Waals surface area contributed by atoms with Crippen LogP contribution in [-0.2, 0) is 6.42 Å². The smallest absolute Gasteiger partial charge is 0.124 e. The van der Waals surface area contributed by atoms with Gasteiger partial charge in [0.1, 0.15) is 5.82 Å². The van der Waals surface area contributed by atoms with E-state index in [0.29, 0.717) is 10.4 Å². The molecule has 1 aromatic carbocycles. The van der Waals surface area contributed by atoms with Gasteiger partial charge in [-0.3, -0.25) is 0 Å². The van der Waals surface area contributed by atoms with Crippen molar-refractivity contribution in [2.24, 2.45) is 5.41 Å². The van der Waals surface area contributed by atoms with Gasteiger partial charge < -0.3 is 5.32 Å². The van der Waals surface area contributed by atoms with Gasteiger partial charge in [0.2, 0.25) is 0 Å². The van der Waals surface area contributed by atoms with Gasteiger partial charge in [-0.2, -0.15) is 0 Å². The van der Waals surface area contributed by atoms with Crippen LogP contribution >= 0.6 is 11.6 Å². The van der Waals surface area contributed by atoms with Crippen molar-refractivity contribution in [2.45, 2.75) is 26.2 Å². The fraction of sp³-hybridized carbons (Fsp3) is 0.538. The Kier molecular flexibility index (Phi) is 3.50. The molecule has 88 valence electrons. The van der Waals surface area contributed by atoms with Crippen LogP contribution in [0.4, 0.5) is 4.39 Å². The van der Waals surface area contributed by atoms with Gasteiger partial charge in [-0.1, -0.05) is 24.6 Å². The molecular formula is C13H17ClFN. The summed E-state index contributed by atoms with van der Waals surface area (Å²) in [5.41, 5.74) is 1.44. The SMILES string of the molecule is CCNCC1(Cc2ccc(F)cc2Cl)CC1. The van der Waals surface area contributed by atoms with E-state index in [0.717, 1.165) is 25.1 Å². The predicted molar refractivity (Wildman–Crippen MR) is 65.3 cm³/mol. The lowest BCUT2D eigenvalue weighted by atomic mass is 9.96. The summed E-state index contributed by atoms with van der Waals surface area (Å²) in [6, 6.07) is 4.70. The molecule has 3 heteroatoms. The highest BCUT2D eigenvalue weighted by molar-refractivity contribution is 6.31. The molecule has 0 heterocycles. The second kappa shape index (κ2) is 4.72. The average Bonchev–Trinajstić information content (AvgIpc) is 3.00. The van der Waals surface area contributed by atoms with Gasteiger partial charge in [-0.25, -0.2) is 4.39 Å². The van der Waals surface area contributed by atoms with Gasteiger partial charge in [-0.15, -0.1) is 0 Å². The Hall–Kier alpha value is -0.600. The van der Waals surface area contributed by atoms with Crippen molar-refractivity contribution in [3.63, 3.8) is 0 Å². The second-order valence-electron chi connectivity index (χ2n) is 4.69. The number of benzene rings is 1. The molecule has 0 aromatic heterocycles. The predicted octanol–water partition coefficient (Wildman–Crippen LogP) is 3.41. The van der Waals surface area contributed by atoms with Crippen LogP contribution < -0.4 is 5.32 Å². The Bertz CT molecular complexity index is 374. The maximum atomic E-state index is 12.9. The summed E-state index contributed by atoms with van der Waals surface area (Å²) < 4.78 is 12.9. The van der Waals surface area contributed by atoms with Crippen molar-refractivity contribution in [3.8, 4) is 0 Å². The molecule has 1 nitrogen and oxygen atoms in total. The normalized spacial score (nSPS) is 17.4. The van der Waals surface area contributed by atoms with Crippen LogP contribution in [0.1, 0.15) is 25.3 Å². The van der Waals surface area contributed by atoms with Crippen LogP contribution in [0, 0.1) is 11.2 Å². The molecule has 1 aromatic rings. The van der Waals surface area contributed by atoms with Crippen molar-refractivity contribution >= 4 is 11.6 Å². The Morgan fingerprint density at radius 1 is 1.44 bits per heavy atom. The van der Waals surface area contributed by atoms with E-state index in [1.54, 1.807) is 0 Å². The Morgan fingerprint density at radius 3 is 2.75 bits per heavy atom. The van der Waals surface area contributed by atoms with Gasteiger partial charge in [0, 0.05) is 11.6 Å². The van der Waals surface area contributed by atoms with Crippen molar-refractivity contribution in [2.75, 3.05) is 13.1 Å². The van der Waals surface area contributed by atoms with E-state index in [1.807, 2.05) is 6.07 Å². The molecule has 16 heavy (non-hydrogen) atoms. The molecule has 0 aliphatic heterocycles. The van der Waals surface area contributed by atoms with E-state index in [4.69, 9.17) is 11.6 Å². The van der Waals surface area contributed by atoms with Crippen molar-refractivity contribution in [1.29, 1.82) is 0 Å². The lowest BCUT2D eigenvalue weighted by Gasteiger charge is -2.16. The molecule has 1 aliphatic carbocycles. The molecule has 0 saturated heterocycles. The maximum absolute atomic E-state index is 12.9. The van der Waals surface area contributed by atoms with Crippen molar-refractivity contribution in [1.82, 2.24) is 5.32 Å². The van der Waals surface area contributed by atoms with Crippen molar-refractivity contribution < 1.29 is 4.39 Å². The summed E-state index contributed by atoms with van der Waals surface area (Å²) in [5, 5.41) is 3.94. The summed E-state index contributed by atoms with van der Waals surface area (Å²) in [6.07, 6.45) is 3.44. The minimum absolute atomic E-state index is 0.259. The fourth-order valence-electron chi connectivity index (χ4n) is 2.05. The average molecular weight is 242 g/mol. The number of hydrogen-bond donors (Lipinski definition) is 1. The van der Waals surface area contributed by atoms with Crippen LogP contribution in [0.2, 0.25) is 5.02 Å². The van der Waals surface area contributed by atoms with Crippen LogP contribution in [-0.4, -0.2) is 13.1 Å². The molecule has 0 bridgehead atoms. The zero-order chi connectivity index (χ0) is 11.6. The van der Waals surface area contributed by atoms with E-state index in [2.05, 4.69) is 12.2 Å². The zero-order valence-corrected chi connectivity index (χ0v) is 10.3. The minimum Gasteiger partial charge on any atom is -0.316 e. The topological polar surface area (TPSA) is 12.0 Å². The summed E-state index contributed by atoms with van der Waals surface area (Å²) >= 11 is 6.04. The van der Waals surface area contributed by atoms with Gasteiger partial charge in [-0.05, 0) is 48.9 Å². The van der Waals surface area contributed by atoms with E-state index in [1.165, 1.54) is 25.0 Å². The first-order valence-electron chi connectivity index (χ1n) is 5.80. The van der Waals surface area contributed by atoms with E-state index >= 15 is 0 Å². The molecule has 1 aliphatic rings. The van der Waals surface area contributed by atoms with Crippen LogP contribution in [0.5, 0.6) is 0 Å². The van der Waals surface area contributed by atoms with Gasteiger partial charge >= 0.3 is 0 Å². The largest absolute Gasteiger partial charge is 0.316 e. The number of rotatable bonds is 5. The molecule has 0 spiro atoms. The standard InChI is InChI=1S/C13H17ClFN/c1-2-16-9-13(5-6-13)8-10-3-4-11(15)7-12(10)14/h3-4,7,16H,2,5-6,8-9H2,1H3. The summed E-state index contributed by atoms with van der Waals surface area (Å²) in [4.78, 5) is 0. The quantitative estimate of drug-likeness (QED) is 0.833. The first-order valence-corrected chi connectivity index (χ1v) is 6.18. The first-order chi connectivity index (χ1) is 7.65. The summed E-state index contributed by atoms with van der Waals surface area (Å²) in [5.74, 6) is -0.259. The number of halogens is 2. The van der Waals surface area contributed by atoms with E-state index in [9.17, 15) is 4.39 Å². The molecule has 2 rings (SSSR count). The highest BCUT2D eigenvalue weighted by atomic mass is 35.5. The lowest BCUT2D eigenvalue weighted by Crippen LogP contribution is -2.25. The van der Waals surface area contributed by atoms with E-state index < -0.39 is 0 Å². The lowest BCUT2D eigenvalue weighted by molar-refractivity contribution is 0.462. The van der Waals surface area contributed by atoms with Crippen molar-refractivity contribution in [3.05, 3.63) is 34.6 Å². The Morgan fingerprint density at radius 2 is 2.19 bits per heavy atom. The van der Waals surface area contributed by atoms with Gasteiger partial charge in [0.05, 0.1) is 0 Å². The summed E-state index contributed by atoms with van der Waals surface area (Å²) in [6.45, 7) is 4.15. The van der Waals surface area contributed by atoms with Crippen LogP contribution in [0.25, 0.3) is 0 Å². The number of hydrogen-bond acceptors (Lipinski definition) is 1. The molecular weight excluding hydrogens is 225 g/mol. The summed E-state index contributed by atoms with van der Waals surface area (Å²) in [7, 11) is 0. The highest BCUT2D eigenvalue weighted by Gasteiger charge is 2.42. The van der Waals surface area contributed by atoms with Gasteiger partial charge in [0.25, 0.3) is 0 Å².